The maximum atomic E-state index is 12.3. The van der Waals surface area contributed by atoms with Gasteiger partial charge in [0.2, 0.25) is 11.7 Å². The van der Waals surface area contributed by atoms with Crippen LogP contribution in [0.2, 0.25) is 0 Å². The number of phenols is 1. The Labute approximate surface area is 142 Å². The van der Waals surface area contributed by atoms with Crippen LogP contribution < -0.4 is 9.47 Å². The summed E-state index contributed by atoms with van der Waals surface area (Å²) in [6.45, 7) is -0.441. The minimum Gasteiger partial charge on any atom is -0.502 e. The highest BCUT2D eigenvalue weighted by Gasteiger charge is 2.38. The lowest BCUT2D eigenvalue weighted by Gasteiger charge is -2.14. The predicted octanol–water partition coefficient (Wildman–Crippen LogP) is 1.27. The van der Waals surface area contributed by atoms with Crippen molar-refractivity contribution in [2.24, 2.45) is 0 Å². The minimum atomic E-state index is -1.12. The molecule has 0 aromatic heterocycles. The first-order valence-electron chi connectivity index (χ1n) is 6.55. The van der Waals surface area contributed by atoms with E-state index in [9.17, 15) is 14.7 Å². The van der Waals surface area contributed by atoms with Gasteiger partial charge in [0.1, 0.15) is 10.9 Å². The van der Waals surface area contributed by atoms with Gasteiger partial charge in [-0.2, -0.15) is 0 Å². The van der Waals surface area contributed by atoms with E-state index in [4.69, 9.17) is 26.8 Å². The van der Waals surface area contributed by atoms with Gasteiger partial charge in [0.25, 0.3) is 0 Å². The summed E-state index contributed by atoms with van der Waals surface area (Å²) in [7, 11) is 2.83. The van der Waals surface area contributed by atoms with E-state index in [1.54, 1.807) is 12.1 Å². The number of carbonyl (C=O) groups excluding carboxylic acids is 1. The molecule has 1 aromatic carbocycles. The number of hydrogen-bond acceptors (Lipinski definition) is 7. The molecule has 0 radical (unpaired) electrons. The zero-order valence-corrected chi connectivity index (χ0v) is 14.1. The molecule has 23 heavy (non-hydrogen) atoms. The van der Waals surface area contributed by atoms with Crippen LogP contribution in [0.3, 0.4) is 0 Å². The topological polar surface area (TPSA) is 96.3 Å². The van der Waals surface area contributed by atoms with Crippen LogP contribution in [-0.4, -0.2) is 57.3 Å². The van der Waals surface area contributed by atoms with Crippen molar-refractivity contribution in [1.29, 1.82) is 0 Å². The number of ether oxygens (including phenoxy) is 2. The minimum absolute atomic E-state index is 0.118. The Morgan fingerprint density at radius 1 is 1.35 bits per heavy atom. The molecule has 1 atom stereocenters. The first-order valence-corrected chi connectivity index (χ1v) is 7.83. The lowest BCUT2D eigenvalue weighted by atomic mass is 10.1. The largest absolute Gasteiger partial charge is 0.502 e. The number of nitrogens with zero attached hydrogens (tertiary/aromatic N) is 1. The third kappa shape index (κ3) is 3.67. The summed E-state index contributed by atoms with van der Waals surface area (Å²) in [5, 5.41) is 18.2. The van der Waals surface area contributed by atoms with Crippen molar-refractivity contribution in [2.45, 2.75) is 11.7 Å². The van der Waals surface area contributed by atoms with Gasteiger partial charge in [0, 0.05) is 0 Å². The molecule has 0 aliphatic carbocycles. The van der Waals surface area contributed by atoms with Crippen molar-refractivity contribution in [3.8, 4) is 17.2 Å². The van der Waals surface area contributed by atoms with E-state index < -0.39 is 17.8 Å². The van der Waals surface area contributed by atoms with Crippen LogP contribution in [0.25, 0.3) is 0 Å². The summed E-state index contributed by atoms with van der Waals surface area (Å²) in [6, 6.07) is 3.21. The number of carboxylic acid groups (broad SMARTS) is 1. The van der Waals surface area contributed by atoms with E-state index >= 15 is 0 Å². The molecule has 1 heterocycles. The summed E-state index contributed by atoms with van der Waals surface area (Å²) in [5.41, 5.74) is 0.710. The molecule has 1 aliphatic rings. The van der Waals surface area contributed by atoms with Gasteiger partial charge in [0.05, 0.1) is 19.5 Å². The van der Waals surface area contributed by atoms with Gasteiger partial charge in [0.15, 0.2) is 11.5 Å². The number of thiocarbonyl (C=S) groups is 1. The number of methoxy groups -OCH3 is 2. The fourth-order valence-corrected chi connectivity index (χ4v) is 3.72. The number of hydrogen-bond donors (Lipinski definition) is 2. The number of benzene rings is 1. The predicted molar refractivity (Wildman–Crippen MR) is 88.2 cm³/mol. The van der Waals surface area contributed by atoms with E-state index in [-0.39, 0.29) is 27.5 Å². The normalized spacial score (nSPS) is 17.5. The Kier molecular flexibility index (Phi) is 5.32. The molecule has 1 unspecified atom stereocenters. The van der Waals surface area contributed by atoms with Crippen molar-refractivity contribution in [1.82, 2.24) is 4.90 Å². The number of carboxylic acids is 1. The Morgan fingerprint density at radius 2 is 1.91 bits per heavy atom. The molecule has 7 nitrogen and oxygen atoms in total. The van der Waals surface area contributed by atoms with E-state index in [1.165, 1.54) is 14.2 Å². The lowest BCUT2D eigenvalue weighted by molar-refractivity contribution is -0.141. The molecule has 2 rings (SSSR count). The second kappa shape index (κ2) is 7.05. The molecule has 0 spiro atoms. The van der Waals surface area contributed by atoms with Gasteiger partial charge in [-0.3, -0.25) is 14.5 Å². The van der Waals surface area contributed by atoms with Crippen molar-refractivity contribution in [3.05, 3.63) is 17.7 Å². The van der Waals surface area contributed by atoms with E-state index in [0.29, 0.717) is 12.0 Å². The third-order valence-electron chi connectivity index (χ3n) is 3.26. The zero-order valence-electron chi connectivity index (χ0n) is 12.4. The van der Waals surface area contributed by atoms with Gasteiger partial charge in [-0.1, -0.05) is 24.0 Å². The summed E-state index contributed by atoms with van der Waals surface area (Å²) >= 11 is 6.21. The highest BCUT2D eigenvalue weighted by Crippen LogP contribution is 2.39. The molecule has 0 saturated carbocycles. The maximum absolute atomic E-state index is 12.3. The van der Waals surface area contributed by atoms with Gasteiger partial charge >= 0.3 is 5.97 Å². The van der Waals surface area contributed by atoms with Crippen molar-refractivity contribution in [2.75, 3.05) is 20.8 Å². The van der Waals surface area contributed by atoms with Crippen molar-refractivity contribution >= 4 is 40.2 Å². The number of aliphatic carboxylic acids is 1. The van der Waals surface area contributed by atoms with Crippen LogP contribution in [-0.2, 0) is 16.0 Å². The first kappa shape index (κ1) is 17.4. The van der Waals surface area contributed by atoms with Crippen LogP contribution in [0.1, 0.15) is 5.56 Å². The summed E-state index contributed by atoms with van der Waals surface area (Å²) in [6.07, 6.45) is 0.312. The summed E-state index contributed by atoms with van der Waals surface area (Å²) in [5.74, 6) is -1.10. The van der Waals surface area contributed by atoms with Crippen molar-refractivity contribution in [3.63, 3.8) is 0 Å². The number of thioether (sulfide) groups is 1. The molecule has 1 aromatic rings. The summed E-state index contributed by atoms with van der Waals surface area (Å²) in [4.78, 5) is 24.2. The maximum Gasteiger partial charge on any atom is 0.323 e. The van der Waals surface area contributed by atoms with Gasteiger partial charge in [-0.15, -0.1) is 0 Å². The lowest BCUT2D eigenvalue weighted by Crippen LogP contribution is -2.36. The highest BCUT2D eigenvalue weighted by atomic mass is 32.2. The average molecular weight is 357 g/mol. The van der Waals surface area contributed by atoms with E-state index in [1.807, 2.05) is 0 Å². The summed E-state index contributed by atoms with van der Waals surface area (Å²) < 4.78 is 10.4. The SMILES string of the molecule is COc1cc(CC2SC(=S)N(CC(=O)O)C2=O)cc(OC)c1O. The number of amides is 1. The van der Waals surface area contributed by atoms with Crippen LogP contribution in [0.5, 0.6) is 17.2 Å². The molecule has 2 N–H and O–H groups in total. The number of phenolic OH excluding ortho intramolecular Hbond substituents is 1. The van der Waals surface area contributed by atoms with Crippen LogP contribution in [0.15, 0.2) is 12.1 Å². The van der Waals surface area contributed by atoms with Crippen molar-refractivity contribution < 1.29 is 29.3 Å². The third-order valence-corrected chi connectivity index (χ3v) is 4.84. The second-order valence-electron chi connectivity index (χ2n) is 4.74. The quantitative estimate of drug-likeness (QED) is 0.735. The fourth-order valence-electron chi connectivity index (χ4n) is 2.19. The smallest absolute Gasteiger partial charge is 0.323 e. The Hall–Kier alpha value is -2.00. The average Bonchev–Trinajstić information content (AvgIpc) is 2.76. The number of rotatable bonds is 6. The molecule has 1 aliphatic heterocycles. The number of aromatic hydroxyl groups is 1. The van der Waals surface area contributed by atoms with Crippen LogP contribution in [0, 0.1) is 0 Å². The molecule has 1 amide bonds. The molecule has 0 bridgehead atoms. The first-order chi connectivity index (χ1) is 10.9. The van der Waals surface area contributed by atoms with Gasteiger partial charge in [-0.05, 0) is 24.1 Å². The number of carbonyl (C=O) groups is 2. The van der Waals surface area contributed by atoms with Gasteiger partial charge in [-0.25, -0.2) is 0 Å². The van der Waals surface area contributed by atoms with E-state index in [2.05, 4.69) is 0 Å². The zero-order chi connectivity index (χ0) is 17.1. The fraction of sp³-hybridized carbons (Fsp3) is 0.357. The van der Waals surface area contributed by atoms with Crippen LogP contribution in [0.4, 0.5) is 0 Å². The van der Waals surface area contributed by atoms with Gasteiger partial charge < -0.3 is 19.7 Å². The molecular weight excluding hydrogens is 342 g/mol. The highest BCUT2D eigenvalue weighted by molar-refractivity contribution is 8.24. The molecule has 1 fully saturated rings. The van der Waals surface area contributed by atoms with Crippen LogP contribution >= 0.6 is 24.0 Å². The van der Waals surface area contributed by atoms with E-state index in [0.717, 1.165) is 16.7 Å². The molecule has 9 heteroatoms. The Bertz CT molecular complexity index is 638. The standard InChI is InChI=1S/C14H15NO6S2/c1-20-8-3-7(4-9(21-2)12(8)18)5-10-13(19)15(6-11(16)17)14(22)23-10/h3-4,10,18H,5-6H2,1-2H3,(H,16,17). The second-order valence-corrected chi connectivity index (χ2v) is 6.58. The monoisotopic (exact) mass is 357 g/mol. The Morgan fingerprint density at radius 3 is 2.39 bits per heavy atom. The Balaban J connectivity index is 2.21. The molecular formula is C14H15NO6S2. The molecule has 124 valence electrons. The molecule has 1 saturated heterocycles.